The van der Waals surface area contributed by atoms with Gasteiger partial charge in [0, 0.05) is 30.2 Å². The third-order valence-corrected chi connectivity index (χ3v) is 5.44. The Kier molecular flexibility index (Phi) is 6.28. The molecule has 26 heavy (non-hydrogen) atoms. The van der Waals surface area contributed by atoms with Gasteiger partial charge in [0.25, 0.3) is 0 Å². The summed E-state index contributed by atoms with van der Waals surface area (Å²) in [4.78, 5) is 12.9. The predicted octanol–water partition coefficient (Wildman–Crippen LogP) is 3.39. The van der Waals surface area contributed by atoms with Gasteiger partial charge in [0.05, 0.1) is 18.8 Å². The van der Waals surface area contributed by atoms with Crippen molar-refractivity contribution < 1.29 is 0 Å². The molecule has 0 atom stereocenters. The highest BCUT2D eigenvalue weighted by atomic mass is 32.1. The minimum absolute atomic E-state index is 0.657. The highest BCUT2D eigenvalue weighted by Gasteiger charge is 2.07. The molecule has 6 heteroatoms. The molecular weight excluding hydrogens is 342 g/mol. The molecule has 2 aromatic rings. The van der Waals surface area contributed by atoms with Crippen LogP contribution in [0.25, 0.3) is 0 Å². The number of benzene rings is 1. The van der Waals surface area contributed by atoms with Crippen molar-refractivity contribution in [2.24, 2.45) is 4.99 Å². The number of aliphatic imine (C=N–C) groups is 1. The standard InChI is InChI=1S/C20H27N5S/c1-4-21-20(23-14-19-24-15(2)16(3)26-19)22-13-17-7-9-18(10-8-17)25-11-5-6-12-25/h5-10H,4,11-14H2,1-3H3,(H2,21,22,23). The number of nitrogens with zero attached hydrogens (tertiary/aromatic N) is 3. The van der Waals surface area contributed by atoms with Crippen LogP contribution in [0.1, 0.15) is 28.1 Å². The third-order valence-electron chi connectivity index (χ3n) is 4.36. The van der Waals surface area contributed by atoms with Crippen LogP contribution in [0.15, 0.2) is 41.4 Å². The molecule has 3 rings (SSSR count). The summed E-state index contributed by atoms with van der Waals surface area (Å²) < 4.78 is 0. The van der Waals surface area contributed by atoms with Gasteiger partial charge in [-0.15, -0.1) is 11.3 Å². The molecule has 0 unspecified atom stereocenters. The number of nitrogens with one attached hydrogen (secondary N) is 2. The Balaban J connectivity index is 1.57. The van der Waals surface area contributed by atoms with Crippen molar-refractivity contribution >= 4 is 23.0 Å². The number of hydrogen-bond donors (Lipinski definition) is 2. The Hall–Kier alpha value is -2.34. The molecule has 5 nitrogen and oxygen atoms in total. The van der Waals surface area contributed by atoms with Crippen molar-refractivity contribution in [1.29, 1.82) is 0 Å². The summed E-state index contributed by atoms with van der Waals surface area (Å²) in [6.07, 6.45) is 4.41. The van der Waals surface area contributed by atoms with Crippen LogP contribution in [0.5, 0.6) is 0 Å². The molecule has 0 amide bonds. The second kappa shape index (κ2) is 8.85. The molecule has 2 heterocycles. The van der Waals surface area contributed by atoms with E-state index >= 15 is 0 Å². The second-order valence-electron chi connectivity index (χ2n) is 6.34. The van der Waals surface area contributed by atoms with E-state index in [2.05, 4.69) is 77.7 Å². The Morgan fingerprint density at radius 3 is 2.50 bits per heavy atom. The lowest BCUT2D eigenvalue weighted by Crippen LogP contribution is -2.36. The molecule has 0 aliphatic carbocycles. The van der Waals surface area contributed by atoms with Gasteiger partial charge in [0.2, 0.25) is 0 Å². The van der Waals surface area contributed by atoms with Gasteiger partial charge >= 0.3 is 0 Å². The molecule has 1 aliphatic rings. The van der Waals surface area contributed by atoms with Crippen molar-refractivity contribution in [2.45, 2.75) is 33.9 Å². The Morgan fingerprint density at radius 2 is 1.88 bits per heavy atom. The maximum atomic E-state index is 4.70. The third kappa shape index (κ3) is 4.85. The van der Waals surface area contributed by atoms with Crippen LogP contribution < -0.4 is 15.5 Å². The van der Waals surface area contributed by atoms with E-state index in [4.69, 9.17) is 4.99 Å². The van der Waals surface area contributed by atoms with Crippen molar-refractivity contribution in [2.75, 3.05) is 24.5 Å². The van der Waals surface area contributed by atoms with Gasteiger partial charge in [0.1, 0.15) is 5.01 Å². The van der Waals surface area contributed by atoms with E-state index in [9.17, 15) is 0 Å². The topological polar surface area (TPSA) is 52.6 Å². The van der Waals surface area contributed by atoms with E-state index in [1.54, 1.807) is 11.3 Å². The Labute approximate surface area is 159 Å². The van der Waals surface area contributed by atoms with Crippen LogP contribution in [0.3, 0.4) is 0 Å². The lowest BCUT2D eigenvalue weighted by atomic mass is 10.2. The van der Waals surface area contributed by atoms with E-state index < -0.39 is 0 Å². The van der Waals surface area contributed by atoms with E-state index in [0.29, 0.717) is 13.1 Å². The van der Waals surface area contributed by atoms with E-state index in [1.165, 1.54) is 16.1 Å². The Bertz CT molecular complexity index is 748. The fourth-order valence-electron chi connectivity index (χ4n) is 2.79. The average molecular weight is 370 g/mol. The molecule has 0 radical (unpaired) electrons. The maximum Gasteiger partial charge on any atom is 0.191 e. The molecule has 0 saturated carbocycles. The van der Waals surface area contributed by atoms with E-state index in [1.807, 2.05) is 0 Å². The first-order chi connectivity index (χ1) is 12.7. The highest BCUT2D eigenvalue weighted by Crippen LogP contribution is 2.18. The minimum Gasteiger partial charge on any atom is -0.364 e. The van der Waals surface area contributed by atoms with Gasteiger partial charge in [-0.25, -0.2) is 9.98 Å². The van der Waals surface area contributed by atoms with Crippen molar-refractivity contribution in [1.82, 2.24) is 15.6 Å². The predicted molar refractivity (Wildman–Crippen MR) is 111 cm³/mol. The van der Waals surface area contributed by atoms with E-state index in [0.717, 1.165) is 36.3 Å². The van der Waals surface area contributed by atoms with Crippen LogP contribution in [-0.2, 0) is 13.1 Å². The first-order valence-electron chi connectivity index (χ1n) is 9.09. The van der Waals surface area contributed by atoms with Gasteiger partial charge in [0.15, 0.2) is 5.96 Å². The van der Waals surface area contributed by atoms with Gasteiger partial charge < -0.3 is 15.5 Å². The van der Waals surface area contributed by atoms with Crippen molar-refractivity contribution in [3.05, 3.63) is 57.6 Å². The molecule has 138 valence electrons. The van der Waals surface area contributed by atoms with Crippen LogP contribution >= 0.6 is 11.3 Å². The van der Waals surface area contributed by atoms with Crippen molar-refractivity contribution in [3.8, 4) is 0 Å². The van der Waals surface area contributed by atoms with Gasteiger partial charge in [-0.1, -0.05) is 24.3 Å². The summed E-state index contributed by atoms with van der Waals surface area (Å²) >= 11 is 1.74. The number of thiazole rings is 1. The van der Waals surface area contributed by atoms with Gasteiger partial charge in [-0.2, -0.15) is 0 Å². The fourth-order valence-corrected chi connectivity index (χ4v) is 3.66. The van der Waals surface area contributed by atoms with Crippen LogP contribution in [0, 0.1) is 13.8 Å². The number of rotatable bonds is 6. The van der Waals surface area contributed by atoms with Gasteiger partial charge in [-0.05, 0) is 38.5 Å². The fraction of sp³-hybridized carbons (Fsp3) is 0.400. The first-order valence-corrected chi connectivity index (χ1v) is 9.91. The molecule has 0 spiro atoms. The number of guanidine groups is 1. The average Bonchev–Trinajstić information content (AvgIpc) is 3.28. The number of anilines is 1. The quantitative estimate of drug-likeness (QED) is 0.466. The molecule has 0 saturated heterocycles. The zero-order chi connectivity index (χ0) is 18.4. The molecule has 2 N–H and O–H groups in total. The summed E-state index contributed by atoms with van der Waals surface area (Å²) in [5.41, 5.74) is 3.59. The summed E-state index contributed by atoms with van der Waals surface area (Å²) in [6, 6.07) is 8.68. The smallest absolute Gasteiger partial charge is 0.191 e. The molecule has 0 fully saturated rings. The van der Waals surface area contributed by atoms with Crippen LogP contribution in [0.2, 0.25) is 0 Å². The number of aromatic nitrogens is 1. The lowest BCUT2D eigenvalue weighted by molar-refractivity contribution is 0.809. The SMILES string of the molecule is CCNC(=NCc1ccc(N2CC=CC2)cc1)NCc1nc(C)c(C)s1. The van der Waals surface area contributed by atoms with Crippen molar-refractivity contribution in [3.63, 3.8) is 0 Å². The molecule has 1 aromatic heterocycles. The molecule has 1 aliphatic heterocycles. The lowest BCUT2D eigenvalue weighted by Gasteiger charge is -2.17. The van der Waals surface area contributed by atoms with Crippen LogP contribution in [0.4, 0.5) is 5.69 Å². The highest BCUT2D eigenvalue weighted by molar-refractivity contribution is 7.11. The summed E-state index contributed by atoms with van der Waals surface area (Å²) in [7, 11) is 0. The Morgan fingerprint density at radius 1 is 1.15 bits per heavy atom. The monoisotopic (exact) mass is 369 g/mol. The molecule has 1 aromatic carbocycles. The van der Waals surface area contributed by atoms with Gasteiger partial charge in [-0.3, -0.25) is 0 Å². The number of hydrogen-bond acceptors (Lipinski definition) is 4. The molecule has 0 bridgehead atoms. The zero-order valence-corrected chi connectivity index (χ0v) is 16.6. The molecular formula is C20H27N5S. The minimum atomic E-state index is 0.657. The first kappa shape index (κ1) is 18.5. The van der Waals surface area contributed by atoms with E-state index in [-0.39, 0.29) is 0 Å². The second-order valence-corrected chi connectivity index (χ2v) is 7.63. The summed E-state index contributed by atoms with van der Waals surface area (Å²) in [5.74, 6) is 0.825. The summed E-state index contributed by atoms with van der Waals surface area (Å²) in [6.45, 7) is 10.4. The maximum absolute atomic E-state index is 4.70. The largest absolute Gasteiger partial charge is 0.364 e. The summed E-state index contributed by atoms with van der Waals surface area (Å²) in [5, 5.41) is 7.77. The normalized spacial score (nSPS) is 14.1. The zero-order valence-electron chi connectivity index (χ0n) is 15.7. The number of aryl methyl sites for hydroxylation is 2. The van der Waals surface area contributed by atoms with Crippen LogP contribution in [-0.4, -0.2) is 30.6 Å².